The molecule has 0 aliphatic carbocycles. The maximum atomic E-state index is 14.3. The number of hydrogen-bond acceptors (Lipinski definition) is 2. The molecule has 0 bridgehead atoms. The van der Waals surface area contributed by atoms with Gasteiger partial charge in [-0.05, 0) is 29.8 Å². The number of anilines is 1. The van der Waals surface area contributed by atoms with Crippen molar-refractivity contribution >= 4 is 29.1 Å². The molecule has 3 rings (SSSR count). The van der Waals surface area contributed by atoms with Crippen LogP contribution in [0.1, 0.15) is 16.8 Å². The predicted octanol–water partition coefficient (Wildman–Crippen LogP) is 5.18. The number of benzene rings is 3. The maximum absolute atomic E-state index is 14.3. The molecule has 8 heteroatoms. The van der Waals surface area contributed by atoms with Gasteiger partial charge in [0.25, 0.3) is 5.91 Å². The number of hydrogen-bond donors (Lipinski definition) is 2. The monoisotopic (exact) mass is 432 g/mol. The standard InChI is InChI=1S/C22H16ClF3N2O2/c23-18-11-14(24)6-7-16(18)22(30)27-9-8-20(29)28-21-17(10-15(25)12-19(21)26)13-4-2-1-3-5-13/h1-7,10-12H,8-9H2,(H,27,30)(H,28,29). The molecule has 0 saturated heterocycles. The molecule has 0 aliphatic rings. The second kappa shape index (κ2) is 9.45. The van der Waals surface area contributed by atoms with Crippen molar-refractivity contribution in [3.8, 4) is 11.1 Å². The smallest absolute Gasteiger partial charge is 0.252 e. The van der Waals surface area contributed by atoms with E-state index in [1.54, 1.807) is 30.3 Å². The summed E-state index contributed by atoms with van der Waals surface area (Å²) in [5.41, 5.74) is 0.643. The Morgan fingerprint density at radius 3 is 2.33 bits per heavy atom. The summed E-state index contributed by atoms with van der Waals surface area (Å²) in [6.07, 6.45) is -0.171. The molecule has 4 nitrogen and oxygen atoms in total. The number of amides is 2. The topological polar surface area (TPSA) is 58.2 Å². The van der Waals surface area contributed by atoms with Gasteiger partial charge in [0.2, 0.25) is 5.91 Å². The molecule has 0 aliphatic heterocycles. The summed E-state index contributed by atoms with van der Waals surface area (Å²) in [5, 5.41) is 4.86. The van der Waals surface area contributed by atoms with Gasteiger partial charge in [-0.3, -0.25) is 9.59 Å². The van der Waals surface area contributed by atoms with E-state index < -0.39 is 29.3 Å². The molecule has 154 valence electrons. The highest BCUT2D eigenvalue weighted by molar-refractivity contribution is 6.33. The predicted molar refractivity (Wildman–Crippen MR) is 109 cm³/mol. The average Bonchev–Trinajstić information content (AvgIpc) is 2.70. The molecule has 0 heterocycles. The number of carbonyl (C=O) groups excluding carboxylic acids is 2. The molecule has 30 heavy (non-hydrogen) atoms. The Morgan fingerprint density at radius 2 is 1.63 bits per heavy atom. The molecule has 0 fully saturated rings. The lowest BCUT2D eigenvalue weighted by Crippen LogP contribution is -2.28. The molecule has 3 aromatic carbocycles. The van der Waals surface area contributed by atoms with Gasteiger partial charge in [-0.2, -0.15) is 0 Å². The van der Waals surface area contributed by atoms with Crippen molar-refractivity contribution in [2.45, 2.75) is 6.42 Å². The summed E-state index contributed by atoms with van der Waals surface area (Å²) in [5.74, 6) is -3.42. The fraction of sp³-hybridized carbons (Fsp3) is 0.0909. The Labute approximate surface area is 175 Å². The first-order chi connectivity index (χ1) is 14.3. The number of halogens is 4. The Hall–Kier alpha value is -3.32. The van der Waals surface area contributed by atoms with E-state index in [1.807, 2.05) is 0 Å². The third-order valence-electron chi connectivity index (χ3n) is 4.22. The minimum atomic E-state index is -0.913. The third kappa shape index (κ3) is 5.18. The van der Waals surface area contributed by atoms with Crippen LogP contribution >= 0.6 is 11.6 Å². The lowest BCUT2D eigenvalue weighted by molar-refractivity contribution is -0.116. The average molecular weight is 433 g/mol. The third-order valence-corrected chi connectivity index (χ3v) is 4.53. The van der Waals surface area contributed by atoms with E-state index in [4.69, 9.17) is 11.6 Å². The molecule has 3 aromatic rings. The summed E-state index contributed by atoms with van der Waals surface area (Å²) < 4.78 is 41.1. The van der Waals surface area contributed by atoms with E-state index in [2.05, 4.69) is 10.6 Å². The summed E-state index contributed by atoms with van der Waals surface area (Å²) in [4.78, 5) is 24.4. The van der Waals surface area contributed by atoms with E-state index in [0.717, 1.165) is 18.2 Å². The van der Waals surface area contributed by atoms with Gasteiger partial charge in [-0.15, -0.1) is 0 Å². The largest absolute Gasteiger partial charge is 0.351 e. The Balaban J connectivity index is 1.66. The van der Waals surface area contributed by atoms with Crippen LogP contribution in [0.4, 0.5) is 18.9 Å². The van der Waals surface area contributed by atoms with Gasteiger partial charge in [-0.25, -0.2) is 13.2 Å². The zero-order valence-corrected chi connectivity index (χ0v) is 16.3. The fourth-order valence-electron chi connectivity index (χ4n) is 2.81. The van der Waals surface area contributed by atoms with Crippen molar-refractivity contribution in [2.24, 2.45) is 0 Å². The highest BCUT2D eigenvalue weighted by Gasteiger charge is 2.16. The quantitative estimate of drug-likeness (QED) is 0.563. The van der Waals surface area contributed by atoms with E-state index in [0.29, 0.717) is 11.6 Å². The first-order valence-corrected chi connectivity index (χ1v) is 9.30. The summed E-state index contributed by atoms with van der Waals surface area (Å²) in [6.45, 7) is -0.0676. The van der Waals surface area contributed by atoms with Gasteiger partial charge in [0.1, 0.15) is 17.5 Å². The van der Waals surface area contributed by atoms with Crippen LogP contribution in [0.25, 0.3) is 11.1 Å². The molecule has 0 unspecified atom stereocenters. The van der Waals surface area contributed by atoms with Crippen LogP contribution in [0, 0.1) is 17.5 Å². The van der Waals surface area contributed by atoms with Gasteiger partial charge in [0.05, 0.1) is 16.3 Å². The summed E-state index contributed by atoms with van der Waals surface area (Å²) in [6, 6.07) is 13.6. The fourth-order valence-corrected chi connectivity index (χ4v) is 3.06. The zero-order chi connectivity index (χ0) is 21.7. The second-order valence-electron chi connectivity index (χ2n) is 6.35. The van der Waals surface area contributed by atoms with Gasteiger partial charge < -0.3 is 10.6 Å². The van der Waals surface area contributed by atoms with Crippen molar-refractivity contribution in [3.05, 3.63) is 88.7 Å². The van der Waals surface area contributed by atoms with Crippen LogP contribution < -0.4 is 10.6 Å². The van der Waals surface area contributed by atoms with Crippen molar-refractivity contribution in [2.75, 3.05) is 11.9 Å². The first kappa shape index (κ1) is 21.4. The summed E-state index contributed by atoms with van der Waals surface area (Å²) in [7, 11) is 0. The Kier molecular flexibility index (Phi) is 6.74. The number of rotatable bonds is 6. The van der Waals surface area contributed by atoms with Crippen LogP contribution in [0.2, 0.25) is 5.02 Å². The van der Waals surface area contributed by atoms with Crippen molar-refractivity contribution < 1.29 is 22.8 Å². The normalized spacial score (nSPS) is 10.5. The molecule has 0 spiro atoms. The SMILES string of the molecule is O=C(CCNC(=O)c1ccc(F)cc1Cl)Nc1c(F)cc(F)cc1-c1ccccc1. The maximum Gasteiger partial charge on any atom is 0.252 e. The number of carbonyl (C=O) groups is 2. The van der Waals surface area contributed by atoms with Crippen LogP contribution in [-0.4, -0.2) is 18.4 Å². The summed E-state index contributed by atoms with van der Waals surface area (Å²) >= 11 is 5.83. The minimum absolute atomic E-state index is 0.0576. The van der Waals surface area contributed by atoms with Gasteiger partial charge >= 0.3 is 0 Å². The molecule has 2 amide bonds. The van der Waals surface area contributed by atoms with Gasteiger partial charge in [0, 0.05) is 24.6 Å². The van der Waals surface area contributed by atoms with Crippen molar-refractivity contribution in [3.63, 3.8) is 0 Å². The van der Waals surface area contributed by atoms with E-state index in [9.17, 15) is 22.8 Å². The van der Waals surface area contributed by atoms with Crippen molar-refractivity contribution in [1.29, 1.82) is 0 Å². The lowest BCUT2D eigenvalue weighted by atomic mass is 10.0. The molecule has 0 atom stereocenters. The van der Waals surface area contributed by atoms with Crippen LogP contribution in [0.3, 0.4) is 0 Å². The molecular formula is C22H16ClF3N2O2. The Morgan fingerprint density at radius 1 is 0.900 bits per heavy atom. The number of nitrogens with one attached hydrogen (secondary N) is 2. The van der Waals surface area contributed by atoms with Crippen LogP contribution in [-0.2, 0) is 4.79 Å². The lowest BCUT2D eigenvalue weighted by Gasteiger charge is -2.13. The van der Waals surface area contributed by atoms with Crippen molar-refractivity contribution in [1.82, 2.24) is 5.32 Å². The zero-order valence-electron chi connectivity index (χ0n) is 15.5. The van der Waals surface area contributed by atoms with Crippen LogP contribution in [0.5, 0.6) is 0 Å². The second-order valence-corrected chi connectivity index (χ2v) is 6.76. The highest BCUT2D eigenvalue weighted by atomic mass is 35.5. The molecule has 0 saturated carbocycles. The van der Waals surface area contributed by atoms with E-state index >= 15 is 0 Å². The molecular weight excluding hydrogens is 417 g/mol. The van der Waals surface area contributed by atoms with E-state index in [1.165, 1.54) is 6.07 Å². The van der Waals surface area contributed by atoms with E-state index in [-0.39, 0.29) is 34.8 Å². The molecule has 2 N–H and O–H groups in total. The minimum Gasteiger partial charge on any atom is -0.351 e. The Bertz CT molecular complexity index is 1090. The van der Waals surface area contributed by atoms with Gasteiger partial charge in [-0.1, -0.05) is 41.9 Å². The highest BCUT2D eigenvalue weighted by Crippen LogP contribution is 2.31. The molecule has 0 aromatic heterocycles. The van der Waals surface area contributed by atoms with Crippen LogP contribution in [0.15, 0.2) is 60.7 Å². The molecule has 0 radical (unpaired) electrons. The first-order valence-electron chi connectivity index (χ1n) is 8.92. The van der Waals surface area contributed by atoms with Gasteiger partial charge in [0.15, 0.2) is 0 Å².